The molecule has 0 spiro atoms. The highest BCUT2D eigenvalue weighted by atomic mass is 32.1. The van der Waals surface area contributed by atoms with Gasteiger partial charge in [-0.05, 0) is 24.1 Å². The van der Waals surface area contributed by atoms with Crippen molar-refractivity contribution in [3.8, 4) is 6.07 Å². The molecule has 0 N–H and O–H groups in total. The van der Waals surface area contributed by atoms with Gasteiger partial charge >= 0.3 is 5.97 Å². The molecule has 0 aliphatic rings. The van der Waals surface area contributed by atoms with E-state index in [2.05, 4.69) is 17.4 Å². The Morgan fingerprint density at radius 2 is 2.27 bits per heavy atom. The molecule has 0 atom stereocenters. The monoisotopic (exact) mass is 221 g/mol. The van der Waals surface area contributed by atoms with Gasteiger partial charge in [0.05, 0.1) is 18.2 Å². The fourth-order valence-electron chi connectivity index (χ4n) is 1.29. The number of methoxy groups -OCH3 is 1. The van der Waals surface area contributed by atoms with Crippen molar-refractivity contribution in [3.63, 3.8) is 0 Å². The highest BCUT2D eigenvalue weighted by Gasteiger charge is 2.14. The van der Waals surface area contributed by atoms with Gasteiger partial charge in [-0.3, -0.25) is 0 Å². The van der Waals surface area contributed by atoms with Crippen LogP contribution in [0.5, 0.6) is 0 Å². The summed E-state index contributed by atoms with van der Waals surface area (Å²) in [5, 5.41) is 8.86. The van der Waals surface area contributed by atoms with Crippen LogP contribution in [0.2, 0.25) is 0 Å². The van der Waals surface area contributed by atoms with Gasteiger partial charge in [0.15, 0.2) is 0 Å². The van der Waals surface area contributed by atoms with Crippen molar-refractivity contribution in [2.45, 2.75) is 18.2 Å². The maximum absolute atomic E-state index is 11.4. The number of carbonyl (C=O) groups excluding carboxylic acids is 1. The van der Waals surface area contributed by atoms with Gasteiger partial charge in [0.1, 0.15) is 6.07 Å². The molecule has 0 amide bonds. The Morgan fingerprint density at radius 3 is 2.73 bits per heavy atom. The molecular formula is C11H11NO2S. The number of esters is 1. The van der Waals surface area contributed by atoms with E-state index >= 15 is 0 Å². The first-order valence-corrected chi connectivity index (χ1v) is 4.93. The van der Waals surface area contributed by atoms with Crippen LogP contribution in [0, 0.1) is 11.3 Å². The molecule has 0 bridgehead atoms. The van der Waals surface area contributed by atoms with Crippen LogP contribution in [0.15, 0.2) is 17.0 Å². The third kappa shape index (κ3) is 2.31. The van der Waals surface area contributed by atoms with Crippen LogP contribution in [-0.2, 0) is 11.2 Å². The molecule has 0 saturated carbocycles. The molecule has 3 nitrogen and oxygen atoms in total. The minimum atomic E-state index is -0.491. The van der Waals surface area contributed by atoms with Crippen LogP contribution in [-0.4, -0.2) is 13.1 Å². The van der Waals surface area contributed by atoms with E-state index in [0.29, 0.717) is 11.1 Å². The molecule has 0 fully saturated rings. The molecule has 0 saturated heterocycles. The predicted octanol–water partition coefficient (Wildman–Crippen LogP) is 2.20. The summed E-state index contributed by atoms with van der Waals surface area (Å²) < 4.78 is 4.60. The zero-order chi connectivity index (χ0) is 11.4. The number of thiol groups is 1. The molecule has 78 valence electrons. The normalized spacial score (nSPS) is 9.47. The smallest absolute Gasteiger partial charge is 0.339 e. The Balaban J connectivity index is 3.37. The Bertz CT molecular complexity index is 435. The van der Waals surface area contributed by atoms with Crippen LogP contribution in [0.25, 0.3) is 0 Å². The first-order valence-electron chi connectivity index (χ1n) is 4.48. The minimum absolute atomic E-state index is 0.295. The molecule has 1 aromatic carbocycles. The summed E-state index contributed by atoms with van der Waals surface area (Å²) in [6.45, 7) is 1.96. The zero-order valence-corrected chi connectivity index (χ0v) is 9.47. The molecule has 0 aromatic heterocycles. The number of carbonyl (C=O) groups is 1. The van der Waals surface area contributed by atoms with E-state index in [1.54, 1.807) is 12.1 Å². The van der Waals surface area contributed by atoms with Gasteiger partial charge in [-0.2, -0.15) is 5.26 Å². The van der Waals surface area contributed by atoms with Crippen molar-refractivity contribution in [1.82, 2.24) is 0 Å². The first kappa shape index (κ1) is 11.6. The van der Waals surface area contributed by atoms with Crippen LogP contribution >= 0.6 is 12.6 Å². The quantitative estimate of drug-likeness (QED) is 0.615. The van der Waals surface area contributed by atoms with E-state index < -0.39 is 5.97 Å². The second-order valence-corrected chi connectivity index (χ2v) is 3.47. The summed E-state index contributed by atoms with van der Waals surface area (Å²) in [5.74, 6) is -0.491. The Kier molecular flexibility index (Phi) is 3.75. The summed E-state index contributed by atoms with van der Waals surface area (Å²) in [7, 11) is 1.30. The number of aryl methyl sites for hydroxylation is 1. The average molecular weight is 221 g/mol. The second kappa shape index (κ2) is 4.85. The SMILES string of the molecule is CCc1cc(C(=O)OC)c(C#N)cc1S. The van der Waals surface area contributed by atoms with Crippen molar-refractivity contribution in [2.75, 3.05) is 7.11 Å². The van der Waals surface area contributed by atoms with Crippen molar-refractivity contribution in [1.29, 1.82) is 5.26 Å². The van der Waals surface area contributed by atoms with Gasteiger partial charge in [0.2, 0.25) is 0 Å². The molecule has 15 heavy (non-hydrogen) atoms. The molecule has 0 unspecified atom stereocenters. The third-order valence-electron chi connectivity index (χ3n) is 2.13. The molecule has 0 radical (unpaired) electrons. The van der Waals surface area contributed by atoms with E-state index in [-0.39, 0.29) is 0 Å². The second-order valence-electron chi connectivity index (χ2n) is 2.98. The molecular weight excluding hydrogens is 210 g/mol. The number of nitrogens with zero attached hydrogens (tertiary/aromatic N) is 1. The number of rotatable bonds is 2. The summed E-state index contributed by atoms with van der Waals surface area (Å²) in [6.07, 6.45) is 0.758. The first-order chi connectivity index (χ1) is 7.13. The predicted molar refractivity (Wildman–Crippen MR) is 59.1 cm³/mol. The maximum Gasteiger partial charge on any atom is 0.339 e. The minimum Gasteiger partial charge on any atom is -0.465 e. The third-order valence-corrected chi connectivity index (χ3v) is 2.54. The fourth-order valence-corrected chi connectivity index (χ4v) is 1.64. The van der Waals surface area contributed by atoms with Crippen LogP contribution < -0.4 is 0 Å². The van der Waals surface area contributed by atoms with Gasteiger partial charge in [-0.15, -0.1) is 12.6 Å². The lowest BCUT2D eigenvalue weighted by Gasteiger charge is -2.07. The molecule has 1 aromatic rings. The highest BCUT2D eigenvalue weighted by molar-refractivity contribution is 7.80. The lowest BCUT2D eigenvalue weighted by atomic mass is 10.0. The van der Waals surface area contributed by atoms with Crippen LogP contribution in [0.4, 0.5) is 0 Å². The lowest BCUT2D eigenvalue weighted by Crippen LogP contribution is -2.05. The van der Waals surface area contributed by atoms with Crippen molar-refractivity contribution >= 4 is 18.6 Å². The Hall–Kier alpha value is -1.47. The molecule has 1 rings (SSSR count). The molecule has 0 heterocycles. The van der Waals surface area contributed by atoms with Crippen LogP contribution in [0.3, 0.4) is 0 Å². The van der Waals surface area contributed by atoms with Gasteiger partial charge < -0.3 is 4.74 Å². The Morgan fingerprint density at radius 1 is 1.60 bits per heavy atom. The van der Waals surface area contributed by atoms with Crippen molar-refractivity contribution < 1.29 is 9.53 Å². The molecule has 0 aliphatic heterocycles. The average Bonchev–Trinajstić information content (AvgIpc) is 2.27. The van der Waals surface area contributed by atoms with Crippen molar-refractivity contribution in [3.05, 3.63) is 28.8 Å². The molecule has 0 aliphatic carbocycles. The van der Waals surface area contributed by atoms with E-state index in [1.165, 1.54) is 7.11 Å². The van der Waals surface area contributed by atoms with Crippen LogP contribution in [0.1, 0.15) is 28.4 Å². The maximum atomic E-state index is 11.4. The van der Waals surface area contributed by atoms with Gasteiger partial charge in [0.25, 0.3) is 0 Å². The van der Waals surface area contributed by atoms with E-state index in [9.17, 15) is 4.79 Å². The van der Waals surface area contributed by atoms with E-state index in [0.717, 1.165) is 16.9 Å². The number of benzene rings is 1. The topological polar surface area (TPSA) is 50.1 Å². The van der Waals surface area contributed by atoms with E-state index in [4.69, 9.17) is 5.26 Å². The van der Waals surface area contributed by atoms with Gasteiger partial charge in [0, 0.05) is 4.90 Å². The molecule has 4 heteroatoms. The zero-order valence-electron chi connectivity index (χ0n) is 8.57. The van der Waals surface area contributed by atoms with Crippen molar-refractivity contribution in [2.24, 2.45) is 0 Å². The standard InChI is InChI=1S/C11H11NO2S/c1-3-7-4-9(11(13)14-2)8(6-12)5-10(7)15/h4-5,15H,3H2,1-2H3. The highest BCUT2D eigenvalue weighted by Crippen LogP contribution is 2.21. The fraction of sp³-hybridized carbons (Fsp3) is 0.273. The number of ether oxygens (including phenoxy) is 1. The Labute approximate surface area is 94.1 Å². The summed E-state index contributed by atoms with van der Waals surface area (Å²) >= 11 is 4.24. The summed E-state index contributed by atoms with van der Waals surface area (Å²) in [6, 6.07) is 5.20. The number of hydrogen-bond acceptors (Lipinski definition) is 4. The number of hydrogen-bond donors (Lipinski definition) is 1. The van der Waals surface area contributed by atoms with Gasteiger partial charge in [-0.25, -0.2) is 4.79 Å². The lowest BCUT2D eigenvalue weighted by molar-refractivity contribution is 0.0600. The summed E-state index contributed by atoms with van der Waals surface area (Å²) in [5.41, 5.74) is 1.52. The number of nitriles is 1. The van der Waals surface area contributed by atoms with E-state index in [1.807, 2.05) is 13.0 Å². The largest absolute Gasteiger partial charge is 0.465 e. The van der Waals surface area contributed by atoms with Gasteiger partial charge in [-0.1, -0.05) is 6.92 Å². The summed E-state index contributed by atoms with van der Waals surface area (Å²) in [4.78, 5) is 12.1.